The lowest BCUT2D eigenvalue weighted by Gasteiger charge is -2.32. The first-order chi connectivity index (χ1) is 8.18. The third-order valence-electron chi connectivity index (χ3n) is 3.75. The van der Waals surface area contributed by atoms with Gasteiger partial charge in [0.05, 0.1) is 6.54 Å². The molecule has 0 bridgehead atoms. The van der Waals surface area contributed by atoms with E-state index in [1.165, 1.54) is 0 Å². The van der Waals surface area contributed by atoms with Gasteiger partial charge in [-0.05, 0) is 32.4 Å². The van der Waals surface area contributed by atoms with Crippen LogP contribution in [-0.2, 0) is 9.59 Å². The normalized spacial score (nSPS) is 20.7. The van der Waals surface area contributed by atoms with Gasteiger partial charge in [0.15, 0.2) is 0 Å². The second-order valence-corrected chi connectivity index (χ2v) is 4.90. The Morgan fingerprint density at radius 1 is 1.44 bits per heavy atom. The summed E-state index contributed by atoms with van der Waals surface area (Å²) in [5, 5.41) is 3.29. The smallest absolute Gasteiger partial charge is 0.242 e. The molecule has 2 aliphatic heterocycles. The maximum Gasteiger partial charge on any atom is 0.242 e. The topological polar surface area (TPSA) is 52.7 Å². The number of nitrogens with zero attached hydrogens (tertiary/aromatic N) is 2. The molecular formula is C12H22ClN3O2. The number of halogens is 1. The van der Waals surface area contributed by atoms with Crippen LogP contribution in [0, 0.1) is 0 Å². The number of nitrogens with one attached hydrogen (secondary N) is 1. The SMILES string of the molecule is CN(C(=O)CN1CCCC1=O)C1CCNCC1.Cl. The van der Waals surface area contributed by atoms with E-state index in [0.717, 1.165) is 38.9 Å². The summed E-state index contributed by atoms with van der Waals surface area (Å²) in [6.45, 7) is 2.96. The van der Waals surface area contributed by atoms with Crippen LogP contribution in [0.5, 0.6) is 0 Å². The predicted molar refractivity (Wildman–Crippen MR) is 71.7 cm³/mol. The van der Waals surface area contributed by atoms with Crippen molar-refractivity contribution in [1.82, 2.24) is 15.1 Å². The Hall–Kier alpha value is -0.810. The van der Waals surface area contributed by atoms with Crippen molar-refractivity contribution in [3.63, 3.8) is 0 Å². The number of rotatable bonds is 3. The van der Waals surface area contributed by atoms with Gasteiger partial charge in [-0.3, -0.25) is 9.59 Å². The lowest BCUT2D eigenvalue weighted by atomic mass is 10.1. The molecule has 104 valence electrons. The fourth-order valence-electron chi connectivity index (χ4n) is 2.54. The van der Waals surface area contributed by atoms with Crippen LogP contribution in [0.25, 0.3) is 0 Å². The Bertz CT molecular complexity index is 306. The van der Waals surface area contributed by atoms with Crippen molar-refractivity contribution in [3.8, 4) is 0 Å². The number of likely N-dealkylation sites (N-methyl/N-ethyl adjacent to an activating group) is 1. The Labute approximate surface area is 114 Å². The molecule has 1 N–H and O–H groups in total. The second kappa shape index (κ2) is 6.95. The molecule has 0 unspecified atom stereocenters. The lowest BCUT2D eigenvalue weighted by molar-refractivity contribution is -0.139. The van der Waals surface area contributed by atoms with E-state index < -0.39 is 0 Å². The number of hydrogen-bond donors (Lipinski definition) is 1. The van der Waals surface area contributed by atoms with E-state index in [0.29, 0.717) is 12.5 Å². The maximum atomic E-state index is 12.1. The number of carbonyl (C=O) groups is 2. The van der Waals surface area contributed by atoms with Gasteiger partial charge in [-0.15, -0.1) is 12.4 Å². The third-order valence-corrected chi connectivity index (χ3v) is 3.75. The van der Waals surface area contributed by atoms with Crippen LogP contribution in [-0.4, -0.2) is 60.9 Å². The minimum atomic E-state index is 0. The molecule has 18 heavy (non-hydrogen) atoms. The van der Waals surface area contributed by atoms with Crippen LogP contribution in [0.15, 0.2) is 0 Å². The van der Waals surface area contributed by atoms with Gasteiger partial charge in [0.25, 0.3) is 0 Å². The summed E-state index contributed by atoms with van der Waals surface area (Å²) in [5.41, 5.74) is 0. The van der Waals surface area contributed by atoms with Crippen molar-refractivity contribution < 1.29 is 9.59 Å². The molecule has 0 radical (unpaired) electrons. The molecular weight excluding hydrogens is 254 g/mol. The first kappa shape index (κ1) is 15.2. The summed E-state index contributed by atoms with van der Waals surface area (Å²) in [6.07, 6.45) is 3.51. The molecule has 2 amide bonds. The van der Waals surface area contributed by atoms with Crippen LogP contribution in [0.1, 0.15) is 25.7 Å². The van der Waals surface area contributed by atoms with E-state index in [1.807, 2.05) is 11.9 Å². The van der Waals surface area contributed by atoms with Gasteiger partial charge in [0, 0.05) is 26.1 Å². The molecule has 0 spiro atoms. The summed E-state index contributed by atoms with van der Waals surface area (Å²) in [4.78, 5) is 27.0. The molecule has 6 heteroatoms. The Morgan fingerprint density at radius 2 is 2.11 bits per heavy atom. The highest BCUT2D eigenvalue weighted by atomic mass is 35.5. The Morgan fingerprint density at radius 3 is 2.67 bits per heavy atom. The molecule has 0 aromatic carbocycles. The van der Waals surface area contributed by atoms with Crippen LogP contribution in [0.3, 0.4) is 0 Å². The Balaban J connectivity index is 0.00000162. The summed E-state index contributed by atoms with van der Waals surface area (Å²) in [5.74, 6) is 0.198. The fraction of sp³-hybridized carbons (Fsp3) is 0.833. The van der Waals surface area contributed by atoms with E-state index in [1.54, 1.807) is 4.90 Å². The largest absolute Gasteiger partial charge is 0.341 e. The molecule has 0 saturated carbocycles. The van der Waals surface area contributed by atoms with Crippen LogP contribution in [0.4, 0.5) is 0 Å². The highest BCUT2D eigenvalue weighted by Gasteiger charge is 2.27. The monoisotopic (exact) mass is 275 g/mol. The Kier molecular flexibility index (Phi) is 5.88. The van der Waals surface area contributed by atoms with Gasteiger partial charge in [0.1, 0.15) is 0 Å². The van der Waals surface area contributed by atoms with Gasteiger partial charge in [-0.1, -0.05) is 0 Å². The van der Waals surface area contributed by atoms with Crippen molar-refractivity contribution in [2.75, 3.05) is 33.2 Å². The highest BCUT2D eigenvalue weighted by Crippen LogP contribution is 2.13. The average molecular weight is 276 g/mol. The van der Waals surface area contributed by atoms with Crippen molar-refractivity contribution in [2.45, 2.75) is 31.7 Å². The predicted octanol–water partition coefficient (Wildman–Crippen LogP) is 0.241. The van der Waals surface area contributed by atoms with Crippen LogP contribution < -0.4 is 5.32 Å². The first-order valence-electron chi connectivity index (χ1n) is 6.42. The summed E-state index contributed by atoms with van der Waals surface area (Å²) in [7, 11) is 1.86. The third kappa shape index (κ3) is 3.59. The van der Waals surface area contributed by atoms with E-state index in [-0.39, 0.29) is 30.8 Å². The van der Waals surface area contributed by atoms with Gasteiger partial charge >= 0.3 is 0 Å². The second-order valence-electron chi connectivity index (χ2n) is 4.90. The number of piperidine rings is 1. The van der Waals surface area contributed by atoms with Crippen LogP contribution in [0.2, 0.25) is 0 Å². The molecule has 2 saturated heterocycles. The fourth-order valence-corrected chi connectivity index (χ4v) is 2.54. The standard InChI is InChI=1S/C12H21N3O2.ClH/c1-14(10-4-6-13-7-5-10)12(17)9-15-8-2-3-11(15)16;/h10,13H,2-9H2,1H3;1H. The van der Waals surface area contributed by atoms with Gasteiger partial charge < -0.3 is 15.1 Å². The molecule has 2 heterocycles. The molecule has 0 aliphatic carbocycles. The minimum Gasteiger partial charge on any atom is -0.341 e. The number of carbonyl (C=O) groups excluding carboxylic acids is 2. The molecule has 0 aromatic heterocycles. The molecule has 2 fully saturated rings. The zero-order chi connectivity index (χ0) is 12.3. The van der Waals surface area contributed by atoms with Crippen LogP contribution >= 0.6 is 12.4 Å². The average Bonchev–Trinajstić information content (AvgIpc) is 2.75. The quantitative estimate of drug-likeness (QED) is 0.803. The summed E-state index contributed by atoms with van der Waals surface area (Å²) < 4.78 is 0. The zero-order valence-electron chi connectivity index (χ0n) is 10.9. The number of amides is 2. The van der Waals surface area contributed by atoms with Gasteiger partial charge in [-0.25, -0.2) is 0 Å². The molecule has 2 aliphatic rings. The van der Waals surface area contributed by atoms with E-state index in [4.69, 9.17) is 0 Å². The lowest BCUT2D eigenvalue weighted by Crippen LogP contribution is -2.47. The molecule has 5 nitrogen and oxygen atoms in total. The van der Waals surface area contributed by atoms with Gasteiger partial charge in [-0.2, -0.15) is 0 Å². The molecule has 0 aromatic rings. The van der Waals surface area contributed by atoms with E-state index >= 15 is 0 Å². The van der Waals surface area contributed by atoms with Crippen molar-refractivity contribution in [1.29, 1.82) is 0 Å². The summed E-state index contributed by atoms with van der Waals surface area (Å²) >= 11 is 0. The first-order valence-corrected chi connectivity index (χ1v) is 6.42. The van der Waals surface area contributed by atoms with E-state index in [2.05, 4.69) is 5.32 Å². The van der Waals surface area contributed by atoms with Crippen molar-refractivity contribution >= 4 is 24.2 Å². The molecule has 0 atom stereocenters. The van der Waals surface area contributed by atoms with Crippen molar-refractivity contribution in [3.05, 3.63) is 0 Å². The van der Waals surface area contributed by atoms with Crippen molar-refractivity contribution in [2.24, 2.45) is 0 Å². The number of likely N-dealkylation sites (tertiary alicyclic amines) is 1. The zero-order valence-corrected chi connectivity index (χ0v) is 11.7. The van der Waals surface area contributed by atoms with Gasteiger partial charge in [0.2, 0.25) is 11.8 Å². The summed E-state index contributed by atoms with van der Waals surface area (Å²) in [6, 6.07) is 0.335. The minimum absolute atomic E-state index is 0. The van der Waals surface area contributed by atoms with E-state index in [9.17, 15) is 9.59 Å². The highest BCUT2D eigenvalue weighted by molar-refractivity contribution is 5.86. The molecule has 2 rings (SSSR count). The maximum absolute atomic E-state index is 12.1. The number of hydrogen-bond acceptors (Lipinski definition) is 3.